The number of aryl methyl sites for hydroxylation is 2. The number of methoxy groups -OCH3 is 1. The van der Waals surface area contributed by atoms with Crippen LogP contribution in [0.4, 0.5) is 5.82 Å². The molecule has 1 saturated heterocycles. The Kier molecular flexibility index (Phi) is 7.09. The smallest absolute Gasteiger partial charge is 0.251 e. The molecule has 0 bridgehead atoms. The van der Waals surface area contributed by atoms with Gasteiger partial charge in [-0.3, -0.25) is 9.59 Å². The van der Waals surface area contributed by atoms with Crippen molar-refractivity contribution in [3.05, 3.63) is 47.4 Å². The second-order valence-electron chi connectivity index (χ2n) is 8.15. The Hall–Kier alpha value is -3.16. The van der Waals surface area contributed by atoms with Crippen molar-refractivity contribution < 1.29 is 14.3 Å². The number of aromatic nitrogens is 2. The van der Waals surface area contributed by atoms with Gasteiger partial charge >= 0.3 is 0 Å². The average Bonchev–Trinajstić information content (AvgIpc) is 2.76. The Morgan fingerprint density at radius 3 is 2.23 bits per heavy atom. The number of hydrogen-bond acceptors (Lipinski definition) is 6. The third kappa shape index (κ3) is 5.51. The molecule has 8 nitrogen and oxygen atoms in total. The highest BCUT2D eigenvalue weighted by Crippen LogP contribution is 2.17. The third-order valence-electron chi connectivity index (χ3n) is 5.44. The zero-order valence-corrected chi connectivity index (χ0v) is 18.9. The van der Waals surface area contributed by atoms with Crippen molar-refractivity contribution in [2.24, 2.45) is 5.92 Å². The first kappa shape index (κ1) is 22.5. The van der Waals surface area contributed by atoms with Crippen molar-refractivity contribution in [2.45, 2.75) is 33.7 Å². The topological polar surface area (TPSA) is 87.7 Å². The Morgan fingerprint density at radius 1 is 1.03 bits per heavy atom. The minimum absolute atomic E-state index is 0.0279. The van der Waals surface area contributed by atoms with Gasteiger partial charge < -0.3 is 19.9 Å². The van der Waals surface area contributed by atoms with Crippen molar-refractivity contribution in [1.29, 1.82) is 0 Å². The monoisotopic (exact) mass is 425 g/mol. The Labute approximate surface area is 183 Å². The number of nitrogens with zero attached hydrogens (tertiary/aromatic N) is 4. The zero-order chi connectivity index (χ0) is 22.5. The van der Waals surface area contributed by atoms with E-state index in [1.165, 1.54) is 0 Å². The lowest BCUT2D eigenvalue weighted by Crippen LogP contribution is -2.56. The van der Waals surface area contributed by atoms with Crippen molar-refractivity contribution in [3.63, 3.8) is 0 Å². The van der Waals surface area contributed by atoms with Crippen molar-refractivity contribution in [3.8, 4) is 5.75 Å². The molecule has 166 valence electrons. The highest BCUT2D eigenvalue weighted by molar-refractivity contribution is 5.97. The van der Waals surface area contributed by atoms with Crippen LogP contribution in [0.2, 0.25) is 0 Å². The average molecular weight is 426 g/mol. The molecule has 1 aromatic heterocycles. The maximum Gasteiger partial charge on any atom is 0.251 e. The minimum atomic E-state index is -0.579. The van der Waals surface area contributed by atoms with Gasteiger partial charge in [-0.05, 0) is 44.0 Å². The van der Waals surface area contributed by atoms with Gasteiger partial charge in [0.1, 0.15) is 23.4 Å². The summed E-state index contributed by atoms with van der Waals surface area (Å²) in [7, 11) is 1.58. The van der Waals surface area contributed by atoms with Crippen LogP contribution >= 0.6 is 0 Å². The van der Waals surface area contributed by atoms with Crippen molar-refractivity contribution >= 4 is 17.6 Å². The number of benzene rings is 1. The van der Waals surface area contributed by atoms with E-state index in [1.807, 2.05) is 38.7 Å². The quantitative estimate of drug-likeness (QED) is 0.764. The maximum absolute atomic E-state index is 13.2. The molecule has 1 fully saturated rings. The first-order chi connectivity index (χ1) is 14.8. The SMILES string of the molecule is COc1ccc(C(=O)NC(C(=O)N2CCN(c3cc(C)nc(C)n3)CC2)C(C)C)cc1. The van der Waals surface area contributed by atoms with E-state index in [0.29, 0.717) is 37.5 Å². The Bertz CT molecular complexity index is 901. The fourth-order valence-corrected chi connectivity index (χ4v) is 3.69. The highest BCUT2D eigenvalue weighted by Gasteiger charge is 2.31. The highest BCUT2D eigenvalue weighted by atomic mass is 16.5. The van der Waals surface area contributed by atoms with Gasteiger partial charge in [-0.25, -0.2) is 9.97 Å². The first-order valence-corrected chi connectivity index (χ1v) is 10.6. The van der Waals surface area contributed by atoms with Crippen molar-refractivity contribution in [2.75, 3.05) is 38.2 Å². The summed E-state index contributed by atoms with van der Waals surface area (Å²) in [5, 5.41) is 2.92. The van der Waals surface area contributed by atoms with E-state index >= 15 is 0 Å². The summed E-state index contributed by atoms with van der Waals surface area (Å²) in [4.78, 5) is 38.8. The number of nitrogens with one attached hydrogen (secondary N) is 1. The van der Waals surface area contributed by atoms with E-state index in [4.69, 9.17) is 4.74 Å². The minimum Gasteiger partial charge on any atom is -0.497 e. The van der Waals surface area contributed by atoms with Crippen LogP contribution in [-0.4, -0.2) is 66.0 Å². The van der Waals surface area contributed by atoms with Gasteiger partial charge in [0.25, 0.3) is 5.91 Å². The number of piperazine rings is 1. The van der Waals surface area contributed by atoms with Crippen LogP contribution in [0.25, 0.3) is 0 Å². The molecule has 1 unspecified atom stereocenters. The molecule has 1 aromatic carbocycles. The fourth-order valence-electron chi connectivity index (χ4n) is 3.69. The standard InChI is InChI=1S/C23H31N5O3/c1-15(2)21(26-22(29)18-6-8-19(31-5)9-7-18)23(30)28-12-10-27(11-13-28)20-14-16(3)24-17(4)25-20/h6-9,14-15,21H,10-13H2,1-5H3,(H,26,29). The summed E-state index contributed by atoms with van der Waals surface area (Å²) in [5.74, 6) is 1.98. The second kappa shape index (κ2) is 9.76. The Balaban J connectivity index is 1.63. The van der Waals surface area contributed by atoms with E-state index < -0.39 is 6.04 Å². The van der Waals surface area contributed by atoms with Crippen LogP contribution < -0.4 is 15.0 Å². The largest absolute Gasteiger partial charge is 0.497 e. The summed E-state index contributed by atoms with van der Waals surface area (Å²) >= 11 is 0. The van der Waals surface area contributed by atoms with Gasteiger partial charge in [0, 0.05) is 43.5 Å². The molecule has 1 atom stereocenters. The molecule has 0 radical (unpaired) electrons. The number of amides is 2. The molecule has 2 aromatic rings. The molecular weight excluding hydrogens is 394 g/mol. The van der Waals surface area contributed by atoms with Gasteiger partial charge in [0.05, 0.1) is 7.11 Å². The summed E-state index contributed by atoms with van der Waals surface area (Å²) < 4.78 is 5.14. The molecule has 0 spiro atoms. The van der Waals surface area contributed by atoms with E-state index in [0.717, 1.165) is 17.3 Å². The van der Waals surface area contributed by atoms with Crippen LogP contribution in [0.3, 0.4) is 0 Å². The van der Waals surface area contributed by atoms with Gasteiger partial charge in [-0.2, -0.15) is 0 Å². The van der Waals surface area contributed by atoms with E-state index in [2.05, 4.69) is 20.2 Å². The summed E-state index contributed by atoms with van der Waals surface area (Å²) in [6.45, 7) is 10.3. The number of hydrogen-bond donors (Lipinski definition) is 1. The molecule has 2 heterocycles. The molecule has 1 aliphatic rings. The van der Waals surface area contributed by atoms with E-state index in [9.17, 15) is 9.59 Å². The molecule has 2 amide bonds. The van der Waals surface area contributed by atoms with Crippen LogP contribution in [0.5, 0.6) is 5.75 Å². The summed E-state index contributed by atoms with van der Waals surface area (Å²) in [5.41, 5.74) is 1.43. The second-order valence-corrected chi connectivity index (χ2v) is 8.15. The molecule has 8 heteroatoms. The lowest BCUT2D eigenvalue weighted by molar-refractivity contribution is -0.134. The molecule has 31 heavy (non-hydrogen) atoms. The number of anilines is 1. The summed E-state index contributed by atoms with van der Waals surface area (Å²) in [6.07, 6.45) is 0. The number of carbonyl (C=O) groups excluding carboxylic acids is 2. The number of ether oxygens (including phenoxy) is 1. The molecule has 1 N–H and O–H groups in total. The predicted molar refractivity (Wildman–Crippen MR) is 119 cm³/mol. The number of carbonyl (C=O) groups is 2. The number of rotatable bonds is 6. The van der Waals surface area contributed by atoms with Crippen LogP contribution in [0.15, 0.2) is 30.3 Å². The molecule has 0 saturated carbocycles. The predicted octanol–water partition coefficient (Wildman–Crippen LogP) is 2.21. The van der Waals surface area contributed by atoms with Gasteiger partial charge in [0.2, 0.25) is 5.91 Å². The van der Waals surface area contributed by atoms with Gasteiger partial charge in [0.15, 0.2) is 0 Å². The maximum atomic E-state index is 13.2. The van der Waals surface area contributed by atoms with Crippen molar-refractivity contribution in [1.82, 2.24) is 20.2 Å². The van der Waals surface area contributed by atoms with Gasteiger partial charge in [-0.1, -0.05) is 13.8 Å². The fraction of sp³-hybridized carbons (Fsp3) is 0.478. The lowest BCUT2D eigenvalue weighted by atomic mass is 10.0. The molecule has 3 rings (SSSR count). The van der Waals surface area contributed by atoms with E-state index in [1.54, 1.807) is 31.4 Å². The lowest BCUT2D eigenvalue weighted by Gasteiger charge is -2.37. The third-order valence-corrected chi connectivity index (χ3v) is 5.44. The van der Waals surface area contributed by atoms with Crippen LogP contribution in [0, 0.1) is 19.8 Å². The van der Waals surface area contributed by atoms with Gasteiger partial charge in [-0.15, -0.1) is 0 Å². The summed E-state index contributed by atoms with van der Waals surface area (Å²) in [6, 6.07) is 8.25. The molecule has 0 aliphatic carbocycles. The Morgan fingerprint density at radius 2 is 1.68 bits per heavy atom. The molecular formula is C23H31N5O3. The van der Waals surface area contributed by atoms with Crippen LogP contribution in [-0.2, 0) is 4.79 Å². The normalized spacial score (nSPS) is 15.0. The first-order valence-electron chi connectivity index (χ1n) is 10.6. The van der Waals surface area contributed by atoms with Crippen LogP contribution in [0.1, 0.15) is 35.7 Å². The zero-order valence-electron chi connectivity index (χ0n) is 18.9. The van der Waals surface area contributed by atoms with E-state index in [-0.39, 0.29) is 17.7 Å². The molecule has 1 aliphatic heterocycles.